The van der Waals surface area contributed by atoms with E-state index in [9.17, 15) is 13.2 Å². The van der Waals surface area contributed by atoms with Crippen molar-refractivity contribution in [3.05, 3.63) is 59.0 Å². The van der Waals surface area contributed by atoms with Crippen molar-refractivity contribution in [2.75, 3.05) is 38.7 Å². The Morgan fingerprint density at radius 1 is 1.18 bits per heavy atom. The number of amides is 1. The minimum atomic E-state index is -3.84. The van der Waals surface area contributed by atoms with Gasteiger partial charge in [0, 0.05) is 29.6 Å². The summed E-state index contributed by atoms with van der Waals surface area (Å²) in [5, 5.41) is 5.07. The van der Waals surface area contributed by atoms with Crippen LogP contribution >= 0.6 is 11.3 Å². The molecule has 2 heterocycles. The van der Waals surface area contributed by atoms with E-state index in [2.05, 4.69) is 29.4 Å². The van der Waals surface area contributed by atoms with Crippen LogP contribution in [0.15, 0.2) is 52.7 Å². The number of nitrogens with one attached hydrogen (secondary N) is 1. The van der Waals surface area contributed by atoms with Gasteiger partial charge in [0.15, 0.2) is 5.13 Å². The fourth-order valence-electron chi connectivity index (χ4n) is 3.49. The Hall–Kier alpha value is -2.79. The minimum Gasteiger partial charge on any atom is -0.495 e. The van der Waals surface area contributed by atoms with Crippen molar-refractivity contribution in [1.29, 1.82) is 0 Å². The van der Waals surface area contributed by atoms with E-state index >= 15 is 0 Å². The molecule has 4 rings (SSSR count). The highest BCUT2D eigenvalue weighted by Gasteiger charge is 2.30. The molecule has 174 valence electrons. The van der Waals surface area contributed by atoms with Crippen LogP contribution in [0.2, 0.25) is 0 Å². The summed E-state index contributed by atoms with van der Waals surface area (Å²) >= 11 is 1.31. The number of carbonyl (C=O) groups is 1. The third-order valence-corrected chi connectivity index (χ3v) is 8.07. The summed E-state index contributed by atoms with van der Waals surface area (Å²) in [5.41, 5.74) is 3.17. The highest BCUT2D eigenvalue weighted by molar-refractivity contribution is 7.89. The van der Waals surface area contributed by atoms with Crippen LogP contribution in [0.5, 0.6) is 5.75 Å². The van der Waals surface area contributed by atoms with Gasteiger partial charge in [0.25, 0.3) is 5.91 Å². The molecule has 0 radical (unpaired) electrons. The molecule has 1 fully saturated rings. The van der Waals surface area contributed by atoms with Gasteiger partial charge in [0.2, 0.25) is 10.0 Å². The lowest BCUT2D eigenvalue weighted by atomic mass is 10.1. The summed E-state index contributed by atoms with van der Waals surface area (Å²) < 4.78 is 38.2. The number of thiazole rings is 1. The number of anilines is 1. The van der Waals surface area contributed by atoms with Gasteiger partial charge < -0.3 is 9.47 Å². The van der Waals surface area contributed by atoms with E-state index < -0.39 is 15.9 Å². The van der Waals surface area contributed by atoms with Gasteiger partial charge in [-0.3, -0.25) is 10.1 Å². The molecule has 3 aromatic rings. The lowest BCUT2D eigenvalue weighted by Crippen LogP contribution is -2.40. The normalized spacial score (nSPS) is 14.7. The number of benzene rings is 2. The zero-order valence-corrected chi connectivity index (χ0v) is 20.0. The number of sulfonamides is 1. The maximum atomic E-state index is 13.2. The molecule has 8 nitrogen and oxygen atoms in total. The predicted molar refractivity (Wildman–Crippen MR) is 127 cm³/mol. The average molecular weight is 488 g/mol. The first-order chi connectivity index (χ1) is 15.9. The monoisotopic (exact) mass is 487 g/mol. The van der Waals surface area contributed by atoms with E-state index in [4.69, 9.17) is 9.47 Å². The first kappa shape index (κ1) is 23.4. The Morgan fingerprint density at radius 3 is 2.58 bits per heavy atom. The van der Waals surface area contributed by atoms with Crippen molar-refractivity contribution in [1.82, 2.24) is 9.29 Å². The number of morpholine rings is 1. The first-order valence-corrected chi connectivity index (χ1v) is 12.9. The third kappa shape index (κ3) is 5.09. The molecule has 1 aliphatic rings. The molecule has 1 amide bonds. The second-order valence-corrected chi connectivity index (χ2v) is 10.2. The van der Waals surface area contributed by atoms with Crippen LogP contribution in [0.25, 0.3) is 11.3 Å². The van der Waals surface area contributed by atoms with Crippen LogP contribution in [0.1, 0.15) is 22.8 Å². The largest absolute Gasteiger partial charge is 0.495 e. The van der Waals surface area contributed by atoms with Crippen molar-refractivity contribution in [3.8, 4) is 17.0 Å². The molecule has 1 aliphatic heterocycles. The van der Waals surface area contributed by atoms with Crippen LogP contribution in [-0.2, 0) is 21.2 Å². The van der Waals surface area contributed by atoms with Gasteiger partial charge in [-0.25, -0.2) is 13.4 Å². The summed E-state index contributed by atoms with van der Waals surface area (Å²) in [4.78, 5) is 17.3. The van der Waals surface area contributed by atoms with Crippen LogP contribution < -0.4 is 10.1 Å². The molecule has 0 aliphatic carbocycles. The van der Waals surface area contributed by atoms with Crippen molar-refractivity contribution in [2.45, 2.75) is 18.2 Å². The van der Waals surface area contributed by atoms with Gasteiger partial charge in [-0.15, -0.1) is 11.3 Å². The Labute approximate surface area is 197 Å². The Bertz CT molecular complexity index is 1230. The molecule has 10 heteroatoms. The zero-order valence-electron chi connectivity index (χ0n) is 18.4. The number of carbonyl (C=O) groups excluding carboxylic acids is 1. The standard InChI is InChI=1S/C23H25N3O5S2/c1-3-16-4-6-17(7-5-16)19-15-32-23(24-19)25-22(27)18-8-9-20(30-2)21(14-18)33(28,29)26-10-12-31-13-11-26/h4-9,14-15H,3,10-13H2,1-2H3,(H,24,25,27). The molecule has 33 heavy (non-hydrogen) atoms. The second kappa shape index (κ2) is 10.0. The number of hydrogen-bond acceptors (Lipinski definition) is 7. The minimum absolute atomic E-state index is 0.0459. The van der Waals surface area contributed by atoms with E-state index in [0.29, 0.717) is 18.3 Å². The van der Waals surface area contributed by atoms with Crippen LogP contribution in [0.4, 0.5) is 5.13 Å². The highest BCUT2D eigenvalue weighted by Crippen LogP contribution is 2.30. The third-order valence-electron chi connectivity index (χ3n) is 5.40. The van der Waals surface area contributed by atoms with E-state index in [-0.39, 0.29) is 29.3 Å². The SMILES string of the molecule is CCc1ccc(-c2csc(NC(=O)c3ccc(OC)c(S(=O)(=O)N4CCOCC4)c3)n2)cc1. The Morgan fingerprint density at radius 2 is 1.91 bits per heavy atom. The number of nitrogens with zero attached hydrogens (tertiary/aromatic N) is 2. The molecule has 0 spiro atoms. The average Bonchev–Trinajstić information content (AvgIpc) is 3.32. The Balaban J connectivity index is 1.55. The summed E-state index contributed by atoms with van der Waals surface area (Å²) in [6.45, 7) is 3.26. The number of methoxy groups -OCH3 is 1. The fraction of sp³-hybridized carbons (Fsp3) is 0.304. The van der Waals surface area contributed by atoms with Crippen LogP contribution in [0, 0.1) is 0 Å². The predicted octanol–water partition coefficient (Wildman–Crippen LogP) is 3.65. The quantitative estimate of drug-likeness (QED) is 0.546. The van der Waals surface area contributed by atoms with Gasteiger partial charge in [-0.05, 0) is 30.2 Å². The van der Waals surface area contributed by atoms with E-state index in [0.717, 1.165) is 17.7 Å². The fourth-order valence-corrected chi connectivity index (χ4v) is 5.79. The van der Waals surface area contributed by atoms with Crippen LogP contribution in [0.3, 0.4) is 0 Å². The van der Waals surface area contributed by atoms with E-state index in [1.165, 1.54) is 46.5 Å². The van der Waals surface area contributed by atoms with Crippen molar-refractivity contribution in [3.63, 3.8) is 0 Å². The topological polar surface area (TPSA) is 97.8 Å². The molecule has 0 unspecified atom stereocenters. The summed E-state index contributed by atoms with van der Waals surface area (Å²) in [6, 6.07) is 12.5. The Kier molecular flexibility index (Phi) is 7.08. The van der Waals surface area contributed by atoms with Crippen molar-refractivity contribution >= 4 is 32.4 Å². The second-order valence-electron chi connectivity index (χ2n) is 7.42. The summed E-state index contributed by atoms with van der Waals surface area (Å²) in [5.74, 6) is -0.261. The number of aryl methyl sites for hydroxylation is 1. The number of ether oxygens (including phenoxy) is 2. The summed E-state index contributed by atoms with van der Waals surface area (Å²) in [6.07, 6.45) is 0.962. The maximum Gasteiger partial charge on any atom is 0.257 e. The van der Waals surface area contributed by atoms with Gasteiger partial charge in [-0.1, -0.05) is 31.2 Å². The molecule has 0 atom stereocenters. The highest BCUT2D eigenvalue weighted by atomic mass is 32.2. The van der Waals surface area contributed by atoms with Gasteiger partial charge in [-0.2, -0.15) is 4.31 Å². The molecule has 1 aromatic heterocycles. The molecule has 1 saturated heterocycles. The van der Waals surface area contributed by atoms with E-state index in [1.807, 2.05) is 17.5 Å². The number of aromatic nitrogens is 1. The maximum absolute atomic E-state index is 13.2. The van der Waals surface area contributed by atoms with Gasteiger partial charge in [0.05, 0.1) is 26.0 Å². The molecule has 1 N–H and O–H groups in total. The number of hydrogen-bond donors (Lipinski definition) is 1. The van der Waals surface area contributed by atoms with Gasteiger partial charge >= 0.3 is 0 Å². The zero-order chi connectivity index (χ0) is 23.4. The van der Waals surface area contributed by atoms with Crippen LogP contribution in [-0.4, -0.2) is 57.0 Å². The lowest BCUT2D eigenvalue weighted by molar-refractivity contribution is 0.0729. The molecule has 0 saturated carbocycles. The van der Waals surface area contributed by atoms with Crippen molar-refractivity contribution < 1.29 is 22.7 Å². The van der Waals surface area contributed by atoms with Crippen molar-refractivity contribution in [2.24, 2.45) is 0 Å². The number of rotatable bonds is 7. The van der Waals surface area contributed by atoms with Gasteiger partial charge in [0.1, 0.15) is 10.6 Å². The lowest BCUT2D eigenvalue weighted by Gasteiger charge is -2.26. The smallest absolute Gasteiger partial charge is 0.257 e. The molecule has 0 bridgehead atoms. The first-order valence-electron chi connectivity index (χ1n) is 10.5. The van der Waals surface area contributed by atoms with E-state index in [1.54, 1.807) is 0 Å². The molecular formula is C23H25N3O5S2. The summed E-state index contributed by atoms with van der Waals surface area (Å²) in [7, 11) is -2.44. The molecular weight excluding hydrogens is 462 g/mol. The molecule has 2 aromatic carbocycles.